The third-order valence-corrected chi connectivity index (χ3v) is 6.47. The Kier molecular flexibility index (Phi) is 8.07. The molecule has 0 spiro atoms. The summed E-state index contributed by atoms with van der Waals surface area (Å²) in [6.07, 6.45) is -2.37. The summed E-state index contributed by atoms with van der Waals surface area (Å²) in [6.45, 7) is 1.87. The van der Waals surface area contributed by atoms with Crippen LogP contribution in [-0.4, -0.2) is 72.0 Å². The highest BCUT2D eigenvalue weighted by atomic mass is 35.5. The third-order valence-electron chi connectivity index (χ3n) is 4.71. The molecule has 10 nitrogen and oxygen atoms in total. The van der Waals surface area contributed by atoms with Crippen molar-refractivity contribution in [3.8, 4) is 0 Å². The molecule has 0 atom stereocenters. The average molecular weight is 499 g/mol. The van der Waals surface area contributed by atoms with Crippen LogP contribution in [-0.2, 0) is 14.8 Å². The first-order valence-electron chi connectivity index (χ1n) is 9.41. The first-order chi connectivity index (χ1) is 14.8. The number of H-pyrrole nitrogens is 1. The molecule has 2 rings (SSSR count). The molecule has 1 saturated heterocycles. The van der Waals surface area contributed by atoms with Crippen molar-refractivity contribution in [3.05, 3.63) is 22.5 Å². The second-order valence-corrected chi connectivity index (χ2v) is 9.47. The van der Waals surface area contributed by atoms with Crippen LogP contribution in [0.25, 0.3) is 0 Å². The summed E-state index contributed by atoms with van der Waals surface area (Å²) in [6, 6.07) is -0.351. The molecule has 1 aromatic rings. The van der Waals surface area contributed by atoms with Gasteiger partial charge in [-0.05, 0) is 19.3 Å². The predicted molar refractivity (Wildman–Crippen MR) is 111 cm³/mol. The van der Waals surface area contributed by atoms with Gasteiger partial charge in [0.25, 0.3) is 11.8 Å². The lowest BCUT2D eigenvalue weighted by molar-refractivity contribution is -0.113. The molecule has 1 fully saturated rings. The van der Waals surface area contributed by atoms with Crippen molar-refractivity contribution in [2.75, 3.05) is 24.7 Å². The first-order valence-corrected chi connectivity index (χ1v) is 11.6. The quantitative estimate of drug-likeness (QED) is 0.335. The Labute approximate surface area is 187 Å². The molecule has 1 aromatic heterocycles. The van der Waals surface area contributed by atoms with Gasteiger partial charge in [-0.3, -0.25) is 20.1 Å². The van der Waals surface area contributed by atoms with Crippen molar-refractivity contribution >= 4 is 44.8 Å². The van der Waals surface area contributed by atoms with Crippen molar-refractivity contribution in [2.24, 2.45) is 0 Å². The van der Waals surface area contributed by atoms with Crippen LogP contribution in [0.4, 0.5) is 18.9 Å². The highest BCUT2D eigenvalue weighted by molar-refractivity contribution is 7.88. The largest absolute Gasteiger partial charge is 0.433 e. The van der Waals surface area contributed by atoms with Gasteiger partial charge >= 0.3 is 6.18 Å². The first kappa shape index (κ1) is 25.8. The van der Waals surface area contributed by atoms with Crippen LogP contribution < -0.4 is 10.6 Å². The average Bonchev–Trinajstić information content (AvgIpc) is 3.15. The molecule has 178 valence electrons. The summed E-state index contributed by atoms with van der Waals surface area (Å²) in [5.74, 6) is -2.00. The fourth-order valence-corrected chi connectivity index (χ4v) is 4.07. The number of alkyl halides is 3. The van der Waals surface area contributed by atoms with Gasteiger partial charge in [-0.25, -0.2) is 12.7 Å². The van der Waals surface area contributed by atoms with Gasteiger partial charge in [0.2, 0.25) is 10.0 Å². The van der Waals surface area contributed by atoms with E-state index < -0.39 is 44.3 Å². The van der Waals surface area contributed by atoms with Crippen molar-refractivity contribution in [2.45, 2.75) is 38.4 Å². The Morgan fingerprint density at radius 1 is 1.34 bits per heavy atom. The smallest absolute Gasteiger partial charge is 0.348 e. The van der Waals surface area contributed by atoms with Crippen molar-refractivity contribution in [3.63, 3.8) is 0 Å². The lowest BCUT2D eigenvalue weighted by Crippen LogP contribution is -2.46. The van der Waals surface area contributed by atoms with E-state index in [0.717, 1.165) is 12.5 Å². The van der Waals surface area contributed by atoms with Crippen LogP contribution in [0, 0.1) is 5.41 Å². The number of piperidine rings is 1. The van der Waals surface area contributed by atoms with Crippen molar-refractivity contribution in [1.82, 2.24) is 19.8 Å². The minimum atomic E-state index is -5.10. The van der Waals surface area contributed by atoms with Gasteiger partial charge in [0.1, 0.15) is 11.4 Å². The summed E-state index contributed by atoms with van der Waals surface area (Å²) >= 11 is 5.77. The third kappa shape index (κ3) is 6.29. The van der Waals surface area contributed by atoms with E-state index in [-0.39, 0.29) is 36.9 Å². The SMILES string of the molecule is CC/C(Cl)=C(\C(=N)C(F)(F)F)C(=O)Nc1cn[nH]c1C(=O)NC1CCN(S(C)(=O)=O)CC1. The molecule has 0 bridgehead atoms. The Morgan fingerprint density at radius 2 is 1.94 bits per heavy atom. The van der Waals surface area contributed by atoms with E-state index in [0.29, 0.717) is 12.8 Å². The molecule has 0 aromatic carbocycles. The number of hydrogen-bond donors (Lipinski definition) is 4. The summed E-state index contributed by atoms with van der Waals surface area (Å²) in [7, 11) is -3.33. The molecule has 2 amide bonds. The van der Waals surface area contributed by atoms with Gasteiger partial charge in [0.15, 0.2) is 0 Å². The number of nitrogens with zero attached hydrogens (tertiary/aromatic N) is 2. The second kappa shape index (κ2) is 10.0. The molecule has 0 aliphatic carbocycles. The van der Waals surface area contributed by atoms with Crippen LogP contribution in [0.3, 0.4) is 0 Å². The van der Waals surface area contributed by atoms with Crippen molar-refractivity contribution < 1.29 is 31.2 Å². The topological polar surface area (TPSA) is 148 Å². The molecule has 15 heteroatoms. The van der Waals surface area contributed by atoms with Gasteiger partial charge in [-0.15, -0.1) is 0 Å². The predicted octanol–water partition coefficient (Wildman–Crippen LogP) is 1.99. The maximum atomic E-state index is 13.0. The molecular formula is C17H22ClF3N6O4S. The maximum Gasteiger partial charge on any atom is 0.433 e. The zero-order valence-electron chi connectivity index (χ0n) is 17.1. The van der Waals surface area contributed by atoms with E-state index in [4.69, 9.17) is 17.0 Å². The number of amides is 2. The van der Waals surface area contributed by atoms with Gasteiger partial charge in [0, 0.05) is 24.2 Å². The van der Waals surface area contributed by atoms with Gasteiger partial charge in [-0.2, -0.15) is 18.3 Å². The fourth-order valence-electron chi connectivity index (χ4n) is 3.02. The van der Waals surface area contributed by atoms with Crippen molar-refractivity contribution in [1.29, 1.82) is 5.41 Å². The molecule has 0 saturated carbocycles. The summed E-state index contributed by atoms with van der Waals surface area (Å²) in [4.78, 5) is 25.0. The second-order valence-electron chi connectivity index (χ2n) is 7.03. The Bertz CT molecular complexity index is 1030. The van der Waals surface area contributed by atoms with Gasteiger partial charge in [0.05, 0.1) is 23.7 Å². The molecular weight excluding hydrogens is 477 g/mol. The molecule has 4 N–H and O–H groups in total. The van der Waals surface area contributed by atoms with Crippen LogP contribution in [0.15, 0.2) is 16.8 Å². The number of allylic oxidation sites excluding steroid dienone is 1. The number of aromatic amines is 1. The number of aromatic nitrogens is 2. The molecule has 1 aliphatic rings. The Hall–Kier alpha value is -2.45. The van der Waals surface area contributed by atoms with E-state index in [9.17, 15) is 31.2 Å². The van der Waals surface area contributed by atoms with E-state index in [1.54, 1.807) is 0 Å². The number of carbonyl (C=O) groups excluding carboxylic acids is 2. The number of hydrogen-bond acceptors (Lipinski definition) is 6. The lowest BCUT2D eigenvalue weighted by atomic mass is 10.1. The summed E-state index contributed by atoms with van der Waals surface area (Å²) in [5.41, 5.74) is -3.38. The zero-order valence-corrected chi connectivity index (χ0v) is 18.7. The molecule has 0 radical (unpaired) electrons. The molecule has 2 heterocycles. The van der Waals surface area contributed by atoms with Crippen LogP contribution in [0.2, 0.25) is 0 Å². The highest BCUT2D eigenvalue weighted by Gasteiger charge is 2.40. The van der Waals surface area contributed by atoms with E-state index in [1.165, 1.54) is 11.2 Å². The number of rotatable bonds is 7. The molecule has 0 unspecified atom stereocenters. The molecule has 32 heavy (non-hydrogen) atoms. The monoisotopic (exact) mass is 498 g/mol. The fraction of sp³-hybridized carbons (Fsp3) is 0.529. The van der Waals surface area contributed by atoms with Crippen LogP contribution in [0.1, 0.15) is 36.7 Å². The minimum Gasteiger partial charge on any atom is -0.348 e. The Balaban J connectivity index is 2.12. The van der Waals surface area contributed by atoms with Gasteiger partial charge in [-0.1, -0.05) is 18.5 Å². The zero-order chi connectivity index (χ0) is 24.3. The minimum absolute atomic E-state index is 0.117. The van der Waals surface area contributed by atoms with Crippen LogP contribution >= 0.6 is 11.6 Å². The van der Waals surface area contributed by atoms with E-state index in [2.05, 4.69) is 20.8 Å². The van der Waals surface area contributed by atoms with E-state index >= 15 is 0 Å². The maximum absolute atomic E-state index is 13.0. The number of halogens is 4. The lowest BCUT2D eigenvalue weighted by Gasteiger charge is -2.30. The highest BCUT2D eigenvalue weighted by Crippen LogP contribution is 2.27. The normalized spacial score (nSPS) is 16.9. The van der Waals surface area contributed by atoms with Gasteiger partial charge < -0.3 is 10.6 Å². The number of anilines is 1. The number of nitrogens with one attached hydrogen (secondary N) is 4. The summed E-state index contributed by atoms with van der Waals surface area (Å²) in [5, 5.41) is 17.6. The standard InChI is InChI=1S/C17H22ClF3N6O4S/c1-3-10(18)12(14(22)17(19,20)21)15(28)25-11-8-23-26-13(11)16(29)24-9-4-6-27(7-5-9)32(2,30)31/h8-9,22H,3-7H2,1-2H3,(H,23,26)(H,24,29)(H,25,28)/b12-10-,22-14?. The number of carbonyl (C=O) groups is 2. The molecule has 1 aliphatic heterocycles. The summed E-state index contributed by atoms with van der Waals surface area (Å²) < 4.78 is 63.4. The van der Waals surface area contributed by atoms with E-state index in [1.807, 2.05) is 0 Å². The Morgan fingerprint density at radius 3 is 2.44 bits per heavy atom. The number of sulfonamides is 1. The van der Waals surface area contributed by atoms with Crippen LogP contribution in [0.5, 0.6) is 0 Å².